The van der Waals surface area contributed by atoms with E-state index in [1.807, 2.05) is 37.3 Å². The summed E-state index contributed by atoms with van der Waals surface area (Å²) < 4.78 is 60.3. The van der Waals surface area contributed by atoms with Crippen LogP contribution in [0, 0.1) is 6.92 Å². The third kappa shape index (κ3) is 8.02. The summed E-state index contributed by atoms with van der Waals surface area (Å²) in [6, 6.07) is 19.8. The number of benzene rings is 3. The third-order valence-electron chi connectivity index (χ3n) is 5.64. The Labute approximate surface area is 228 Å². The molecule has 0 saturated heterocycles. The number of methoxy groups -OCH3 is 1. The SMILES string of the molecule is COc1ccc(S(=O)(=O)N(CCc2ccccc2)CC(=O)NCCNS(=O)(=O)c2ccc(C)cc2)cc1Cl. The van der Waals surface area contributed by atoms with E-state index in [4.69, 9.17) is 16.3 Å². The molecule has 0 bridgehead atoms. The predicted molar refractivity (Wildman–Crippen MR) is 146 cm³/mol. The Bertz CT molecular complexity index is 1450. The maximum absolute atomic E-state index is 13.4. The zero-order valence-electron chi connectivity index (χ0n) is 21.1. The second-order valence-corrected chi connectivity index (χ2v) is 12.5. The second-order valence-electron chi connectivity index (χ2n) is 8.43. The Morgan fingerprint density at radius 1 is 0.921 bits per heavy atom. The van der Waals surface area contributed by atoms with Gasteiger partial charge in [0.1, 0.15) is 5.75 Å². The average molecular weight is 580 g/mol. The Kier molecular flexibility index (Phi) is 10.3. The summed E-state index contributed by atoms with van der Waals surface area (Å²) in [6.07, 6.45) is 0.383. The summed E-state index contributed by atoms with van der Waals surface area (Å²) in [5, 5.41) is 2.71. The fourth-order valence-corrected chi connectivity index (χ4v) is 6.32. The van der Waals surface area contributed by atoms with E-state index in [-0.39, 0.29) is 34.4 Å². The maximum Gasteiger partial charge on any atom is 0.243 e. The largest absolute Gasteiger partial charge is 0.495 e. The standard InChI is InChI=1S/C26H30ClN3O6S2/c1-20-8-10-22(11-9-20)37(32,33)29-16-15-28-26(31)19-30(17-14-21-6-4-3-5-7-21)38(34,35)23-12-13-25(36-2)24(27)18-23/h3-13,18,29H,14-17,19H2,1-2H3,(H,28,31). The number of halogens is 1. The van der Waals surface area contributed by atoms with E-state index in [1.54, 1.807) is 12.1 Å². The molecule has 0 radical (unpaired) electrons. The maximum atomic E-state index is 13.4. The Hall–Kier alpha value is -2.96. The topological polar surface area (TPSA) is 122 Å². The Balaban J connectivity index is 1.66. The fourth-order valence-electron chi connectivity index (χ4n) is 3.54. The van der Waals surface area contributed by atoms with E-state index in [2.05, 4.69) is 10.0 Å². The molecule has 0 unspecified atom stereocenters. The number of rotatable bonds is 13. The van der Waals surface area contributed by atoms with Gasteiger partial charge in [-0.2, -0.15) is 4.31 Å². The van der Waals surface area contributed by atoms with E-state index in [1.165, 1.54) is 37.4 Å². The van der Waals surface area contributed by atoms with Crippen molar-refractivity contribution in [3.63, 3.8) is 0 Å². The minimum Gasteiger partial charge on any atom is -0.495 e. The Morgan fingerprint density at radius 3 is 2.21 bits per heavy atom. The van der Waals surface area contributed by atoms with Gasteiger partial charge in [0, 0.05) is 19.6 Å². The summed E-state index contributed by atoms with van der Waals surface area (Å²) in [6.45, 7) is 1.36. The molecule has 0 aromatic heterocycles. The molecule has 3 rings (SSSR count). The summed E-state index contributed by atoms with van der Waals surface area (Å²) in [5.41, 5.74) is 1.84. The van der Waals surface area contributed by atoms with Gasteiger partial charge in [0.25, 0.3) is 0 Å². The molecule has 2 N–H and O–H groups in total. The molecular formula is C26H30ClN3O6S2. The molecule has 1 amide bonds. The zero-order valence-corrected chi connectivity index (χ0v) is 23.4. The van der Waals surface area contributed by atoms with Crippen molar-refractivity contribution in [2.75, 3.05) is 33.3 Å². The zero-order chi connectivity index (χ0) is 27.8. The molecule has 9 nitrogen and oxygen atoms in total. The van der Waals surface area contributed by atoms with Gasteiger partial charge in [0.05, 0.1) is 28.5 Å². The lowest BCUT2D eigenvalue weighted by Crippen LogP contribution is -2.43. The van der Waals surface area contributed by atoms with Gasteiger partial charge in [-0.1, -0.05) is 59.6 Å². The number of carbonyl (C=O) groups excluding carboxylic acids is 1. The molecule has 0 atom stereocenters. The van der Waals surface area contributed by atoms with E-state index < -0.39 is 32.5 Å². The highest BCUT2D eigenvalue weighted by atomic mass is 35.5. The van der Waals surface area contributed by atoms with Crippen LogP contribution < -0.4 is 14.8 Å². The van der Waals surface area contributed by atoms with Gasteiger partial charge < -0.3 is 10.1 Å². The van der Waals surface area contributed by atoms with Crippen LogP contribution in [0.25, 0.3) is 0 Å². The van der Waals surface area contributed by atoms with Crippen LogP contribution in [0.15, 0.2) is 82.6 Å². The quantitative estimate of drug-likeness (QED) is 0.300. The average Bonchev–Trinajstić information content (AvgIpc) is 2.89. The van der Waals surface area contributed by atoms with Crippen LogP contribution in [0.2, 0.25) is 5.02 Å². The summed E-state index contributed by atoms with van der Waals surface area (Å²) in [5.74, 6) is -0.247. The molecule has 3 aromatic carbocycles. The molecule has 3 aromatic rings. The number of carbonyl (C=O) groups is 1. The molecule has 0 aliphatic carbocycles. The van der Waals surface area contributed by atoms with Crippen LogP contribution in [0.4, 0.5) is 0 Å². The summed E-state index contributed by atoms with van der Waals surface area (Å²) in [4.78, 5) is 12.7. The van der Waals surface area contributed by atoms with Gasteiger partial charge in [-0.15, -0.1) is 0 Å². The summed E-state index contributed by atoms with van der Waals surface area (Å²) in [7, 11) is -6.40. The lowest BCUT2D eigenvalue weighted by Gasteiger charge is -2.22. The van der Waals surface area contributed by atoms with Crippen molar-refractivity contribution >= 4 is 37.6 Å². The van der Waals surface area contributed by atoms with Crippen LogP contribution in [-0.4, -0.2) is 60.3 Å². The van der Waals surface area contributed by atoms with Crippen LogP contribution in [0.1, 0.15) is 11.1 Å². The van der Waals surface area contributed by atoms with Crippen molar-refractivity contribution in [2.24, 2.45) is 0 Å². The second kappa shape index (κ2) is 13.2. The number of hydrogen-bond acceptors (Lipinski definition) is 6. The molecule has 0 saturated carbocycles. The normalized spacial score (nSPS) is 11.9. The van der Waals surface area contributed by atoms with Crippen molar-refractivity contribution in [2.45, 2.75) is 23.1 Å². The molecule has 0 heterocycles. The van der Waals surface area contributed by atoms with Crippen LogP contribution >= 0.6 is 11.6 Å². The number of nitrogens with zero attached hydrogens (tertiary/aromatic N) is 1. The van der Waals surface area contributed by atoms with E-state index >= 15 is 0 Å². The summed E-state index contributed by atoms with van der Waals surface area (Å²) >= 11 is 6.15. The highest BCUT2D eigenvalue weighted by Gasteiger charge is 2.27. The van der Waals surface area contributed by atoms with E-state index in [0.29, 0.717) is 12.2 Å². The molecule has 0 aliphatic heterocycles. The van der Waals surface area contributed by atoms with Gasteiger partial charge in [0.2, 0.25) is 26.0 Å². The highest BCUT2D eigenvalue weighted by Crippen LogP contribution is 2.28. The van der Waals surface area contributed by atoms with Gasteiger partial charge in [-0.05, 0) is 49.2 Å². The number of sulfonamides is 2. The molecule has 38 heavy (non-hydrogen) atoms. The molecule has 0 aliphatic rings. The first-order valence-corrected chi connectivity index (χ1v) is 15.0. The van der Waals surface area contributed by atoms with Crippen LogP contribution in [0.3, 0.4) is 0 Å². The number of amides is 1. The van der Waals surface area contributed by atoms with Gasteiger partial charge >= 0.3 is 0 Å². The molecular weight excluding hydrogens is 550 g/mol. The molecule has 0 spiro atoms. The van der Waals surface area contributed by atoms with Gasteiger partial charge in [0.15, 0.2) is 0 Å². The first-order chi connectivity index (χ1) is 18.0. The van der Waals surface area contributed by atoms with Crippen molar-refractivity contribution < 1.29 is 26.4 Å². The number of nitrogens with one attached hydrogen (secondary N) is 2. The molecule has 204 valence electrons. The number of hydrogen-bond donors (Lipinski definition) is 2. The van der Waals surface area contributed by atoms with Gasteiger partial charge in [-0.25, -0.2) is 21.6 Å². The van der Waals surface area contributed by atoms with Gasteiger partial charge in [-0.3, -0.25) is 4.79 Å². The van der Waals surface area contributed by atoms with Crippen molar-refractivity contribution in [3.05, 3.63) is 88.9 Å². The minimum absolute atomic E-state index is 0.0230. The molecule has 0 fully saturated rings. The smallest absolute Gasteiger partial charge is 0.243 e. The number of aryl methyl sites for hydroxylation is 1. The monoisotopic (exact) mass is 579 g/mol. The number of ether oxygens (including phenoxy) is 1. The van der Waals surface area contributed by atoms with Crippen LogP contribution in [-0.2, 0) is 31.3 Å². The Morgan fingerprint density at radius 2 is 1.58 bits per heavy atom. The fraction of sp³-hybridized carbons (Fsp3) is 0.269. The third-order valence-corrected chi connectivity index (χ3v) is 9.26. The highest BCUT2D eigenvalue weighted by molar-refractivity contribution is 7.89. The van der Waals surface area contributed by atoms with E-state index in [9.17, 15) is 21.6 Å². The minimum atomic E-state index is -4.09. The van der Waals surface area contributed by atoms with E-state index in [0.717, 1.165) is 15.4 Å². The first kappa shape index (κ1) is 29.6. The van der Waals surface area contributed by atoms with Crippen molar-refractivity contribution in [1.82, 2.24) is 14.3 Å². The van der Waals surface area contributed by atoms with Crippen LogP contribution in [0.5, 0.6) is 5.75 Å². The lowest BCUT2D eigenvalue weighted by atomic mass is 10.1. The molecule has 12 heteroatoms. The lowest BCUT2D eigenvalue weighted by molar-refractivity contribution is -0.121. The van der Waals surface area contributed by atoms with Crippen molar-refractivity contribution in [1.29, 1.82) is 0 Å². The van der Waals surface area contributed by atoms with Crippen molar-refractivity contribution in [3.8, 4) is 5.75 Å². The first-order valence-electron chi connectivity index (χ1n) is 11.7. The predicted octanol–water partition coefficient (Wildman–Crippen LogP) is 2.99.